The van der Waals surface area contributed by atoms with E-state index in [4.69, 9.17) is 27.9 Å². The van der Waals surface area contributed by atoms with Gasteiger partial charge in [0.2, 0.25) is 0 Å². The van der Waals surface area contributed by atoms with E-state index < -0.39 is 0 Å². The summed E-state index contributed by atoms with van der Waals surface area (Å²) < 4.78 is 6.24. The molecule has 4 rings (SSSR count). The van der Waals surface area contributed by atoms with Crippen LogP contribution in [0.15, 0.2) is 30.3 Å². The average Bonchev–Trinajstić information content (AvgIpc) is 3.10. The first-order valence-electron chi connectivity index (χ1n) is 8.76. The lowest BCUT2D eigenvalue weighted by Gasteiger charge is -2.30. The van der Waals surface area contributed by atoms with Gasteiger partial charge in [0.15, 0.2) is 5.13 Å². The maximum Gasteiger partial charge on any atom is 0.260 e. The Morgan fingerprint density at radius 3 is 2.64 bits per heavy atom. The van der Waals surface area contributed by atoms with Crippen LogP contribution in [0, 0.1) is 0 Å². The number of hydrogen-bond donors (Lipinski definition) is 2. The maximum atomic E-state index is 12.8. The molecule has 1 aliphatic heterocycles. The Morgan fingerprint density at radius 1 is 1.25 bits per heavy atom. The fraction of sp³-hybridized carbons (Fsp3) is 0.263. The highest BCUT2D eigenvalue weighted by molar-refractivity contribution is 7.22. The van der Waals surface area contributed by atoms with E-state index in [1.165, 1.54) is 11.3 Å². The molecule has 146 valence electrons. The van der Waals surface area contributed by atoms with Crippen molar-refractivity contribution >= 4 is 61.5 Å². The standard InChI is InChI=1S/C19H18Cl2N4O2S/c1-27-14-3-2-4-15-17(14)23-19(28-15)24-18(26)16-12(20)9-11(10-13(16)21)25-7-5-22-6-8-25/h2-4,9-10,22H,5-8H2,1H3,(H,23,24,26). The van der Waals surface area contributed by atoms with E-state index in [1.807, 2.05) is 18.2 Å². The Hall–Kier alpha value is -2.06. The van der Waals surface area contributed by atoms with Crippen molar-refractivity contribution < 1.29 is 9.53 Å². The number of halogens is 2. The number of nitrogens with zero attached hydrogens (tertiary/aromatic N) is 2. The van der Waals surface area contributed by atoms with Crippen molar-refractivity contribution in [2.24, 2.45) is 0 Å². The summed E-state index contributed by atoms with van der Waals surface area (Å²) in [7, 11) is 1.59. The molecule has 1 amide bonds. The number of carbonyl (C=O) groups excluding carboxylic acids is 1. The van der Waals surface area contributed by atoms with E-state index in [1.54, 1.807) is 19.2 Å². The van der Waals surface area contributed by atoms with Gasteiger partial charge in [0.1, 0.15) is 11.3 Å². The molecule has 0 saturated carbocycles. The number of carbonyl (C=O) groups is 1. The van der Waals surface area contributed by atoms with Gasteiger partial charge >= 0.3 is 0 Å². The monoisotopic (exact) mass is 436 g/mol. The Morgan fingerprint density at radius 2 is 1.96 bits per heavy atom. The lowest BCUT2D eigenvalue weighted by molar-refractivity contribution is 0.102. The summed E-state index contributed by atoms with van der Waals surface area (Å²) >= 11 is 14.2. The quantitative estimate of drug-likeness (QED) is 0.638. The van der Waals surface area contributed by atoms with E-state index in [-0.39, 0.29) is 11.5 Å². The first kappa shape index (κ1) is 19.3. The van der Waals surface area contributed by atoms with Gasteiger partial charge in [-0.3, -0.25) is 10.1 Å². The number of nitrogens with one attached hydrogen (secondary N) is 2. The number of ether oxygens (including phenoxy) is 1. The van der Waals surface area contributed by atoms with E-state index in [0.717, 1.165) is 36.6 Å². The number of anilines is 2. The molecule has 2 heterocycles. The summed E-state index contributed by atoms with van der Waals surface area (Å²) in [6, 6.07) is 9.21. The molecular weight excluding hydrogens is 419 g/mol. The third kappa shape index (κ3) is 3.75. The smallest absolute Gasteiger partial charge is 0.260 e. The highest BCUT2D eigenvalue weighted by Gasteiger charge is 2.20. The van der Waals surface area contributed by atoms with Crippen LogP contribution >= 0.6 is 34.5 Å². The van der Waals surface area contributed by atoms with Crippen LogP contribution in [0.4, 0.5) is 10.8 Å². The van der Waals surface area contributed by atoms with Crippen LogP contribution in [-0.2, 0) is 0 Å². The number of amides is 1. The number of piperazine rings is 1. The highest BCUT2D eigenvalue weighted by Crippen LogP contribution is 2.34. The van der Waals surface area contributed by atoms with Gasteiger partial charge in [-0.1, -0.05) is 40.6 Å². The molecule has 2 N–H and O–H groups in total. The zero-order chi connectivity index (χ0) is 19.7. The largest absolute Gasteiger partial charge is 0.494 e. The van der Waals surface area contributed by atoms with Gasteiger partial charge in [-0.15, -0.1) is 0 Å². The summed E-state index contributed by atoms with van der Waals surface area (Å²) in [5, 5.41) is 7.20. The number of aromatic nitrogens is 1. The van der Waals surface area contributed by atoms with Crippen LogP contribution in [0.1, 0.15) is 10.4 Å². The molecule has 2 aromatic carbocycles. The van der Waals surface area contributed by atoms with Crippen molar-refractivity contribution in [2.75, 3.05) is 43.5 Å². The summed E-state index contributed by atoms with van der Waals surface area (Å²) in [6.45, 7) is 3.54. The van der Waals surface area contributed by atoms with E-state index in [2.05, 4.69) is 20.5 Å². The molecule has 28 heavy (non-hydrogen) atoms. The third-order valence-electron chi connectivity index (χ3n) is 4.56. The number of para-hydroxylation sites is 1. The van der Waals surface area contributed by atoms with Gasteiger partial charge in [-0.2, -0.15) is 0 Å². The van der Waals surface area contributed by atoms with Crippen LogP contribution in [0.3, 0.4) is 0 Å². The third-order valence-corrected chi connectivity index (χ3v) is 6.09. The van der Waals surface area contributed by atoms with Crippen molar-refractivity contribution in [3.63, 3.8) is 0 Å². The van der Waals surface area contributed by atoms with Crippen LogP contribution in [-0.4, -0.2) is 44.2 Å². The predicted octanol–water partition coefficient (Wildman–Crippen LogP) is 4.27. The Balaban J connectivity index is 1.59. The molecule has 0 unspecified atom stereocenters. The SMILES string of the molecule is COc1cccc2sc(NC(=O)c3c(Cl)cc(N4CCNCC4)cc3Cl)nc12. The molecule has 3 aromatic rings. The Bertz CT molecular complexity index is 1010. The van der Waals surface area contributed by atoms with Gasteiger partial charge in [0.05, 0.1) is 27.4 Å². The van der Waals surface area contributed by atoms with Crippen molar-refractivity contribution in [1.29, 1.82) is 0 Å². The lowest BCUT2D eigenvalue weighted by Crippen LogP contribution is -2.43. The normalized spacial score (nSPS) is 14.3. The molecule has 0 radical (unpaired) electrons. The minimum absolute atomic E-state index is 0.244. The van der Waals surface area contributed by atoms with Crippen LogP contribution in [0.5, 0.6) is 5.75 Å². The molecule has 1 saturated heterocycles. The molecule has 1 fully saturated rings. The zero-order valence-corrected chi connectivity index (χ0v) is 17.4. The number of fused-ring (bicyclic) bond motifs is 1. The topological polar surface area (TPSA) is 66.5 Å². The second-order valence-corrected chi connectivity index (χ2v) is 8.15. The van der Waals surface area contributed by atoms with Crippen molar-refractivity contribution in [1.82, 2.24) is 10.3 Å². The summed E-state index contributed by atoms with van der Waals surface area (Å²) in [5.74, 6) is 0.269. The van der Waals surface area contributed by atoms with Crippen molar-refractivity contribution in [2.45, 2.75) is 0 Å². The summed E-state index contributed by atoms with van der Waals surface area (Å²) in [5.41, 5.74) is 1.86. The lowest BCUT2D eigenvalue weighted by atomic mass is 10.1. The van der Waals surface area contributed by atoms with E-state index in [0.29, 0.717) is 26.4 Å². The average molecular weight is 437 g/mol. The van der Waals surface area contributed by atoms with Crippen molar-refractivity contribution in [3.05, 3.63) is 45.9 Å². The first-order chi connectivity index (χ1) is 13.6. The molecule has 9 heteroatoms. The number of benzene rings is 2. The fourth-order valence-electron chi connectivity index (χ4n) is 3.18. The number of thiazole rings is 1. The molecule has 1 aliphatic rings. The zero-order valence-electron chi connectivity index (χ0n) is 15.1. The Kier molecular flexibility index (Phi) is 5.59. The highest BCUT2D eigenvalue weighted by atomic mass is 35.5. The number of hydrogen-bond acceptors (Lipinski definition) is 6. The van der Waals surface area contributed by atoms with Gasteiger partial charge in [-0.05, 0) is 24.3 Å². The Labute approximate surface area is 176 Å². The van der Waals surface area contributed by atoms with Gasteiger partial charge in [0, 0.05) is 31.9 Å². The van der Waals surface area contributed by atoms with E-state index in [9.17, 15) is 4.79 Å². The molecular formula is C19H18Cl2N4O2S. The number of rotatable bonds is 4. The first-order valence-corrected chi connectivity index (χ1v) is 10.3. The van der Waals surface area contributed by atoms with Gasteiger partial charge in [0.25, 0.3) is 5.91 Å². The molecule has 0 aliphatic carbocycles. The van der Waals surface area contributed by atoms with Gasteiger partial charge < -0.3 is 15.0 Å². The molecule has 6 nitrogen and oxygen atoms in total. The fourth-order valence-corrected chi connectivity index (χ4v) is 4.71. The maximum absolute atomic E-state index is 12.8. The second kappa shape index (κ2) is 8.13. The van der Waals surface area contributed by atoms with Gasteiger partial charge in [-0.25, -0.2) is 4.98 Å². The molecule has 1 aromatic heterocycles. The predicted molar refractivity (Wildman–Crippen MR) is 116 cm³/mol. The molecule has 0 atom stereocenters. The minimum atomic E-state index is -0.389. The summed E-state index contributed by atoms with van der Waals surface area (Å²) in [4.78, 5) is 19.5. The number of methoxy groups -OCH3 is 1. The molecule has 0 spiro atoms. The van der Waals surface area contributed by atoms with Crippen LogP contribution in [0.25, 0.3) is 10.2 Å². The van der Waals surface area contributed by atoms with E-state index >= 15 is 0 Å². The molecule has 0 bridgehead atoms. The second-order valence-electron chi connectivity index (χ2n) is 6.30. The van der Waals surface area contributed by atoms with Crippen molar-refractivity contribution in [3.8, 4) is 5.75 Å². The van der Waals surface area contributed by atoms with Crippen LogP contribution in [0.2, 0.25) is 10.0 Å². The van der Waals surface area contributed by atoms with Crippen LogP contribution < -0.4 is 20.3 Å². The summed E-state index contributed by atoms with van der Waals surface area (Å²) in [6.07, 6.45) is 0. The minimum Gasteiger partial charge on any atom is -0.494 e.